The molecule has 1 rings (SSSR count). The van der Waals surface area contributed by atoms with E-state index in [9.17, 15) is 13.2 Å². The predicted molar refractivity (Wildman–Crippen MR) is 44.3 cm³/mol. The monoisotopic (exact) mass is 196 g/mol. The summed E-state index contributed by atoms with van der Waals surface area (Å²) in [4.78, 5) is 0.463. The van der Waals surface area contributed by atoms with Gasteiger partial charge in [0.1, 0.15) is 0 Å². The normalized spacial score (nSPS) is 25.2. The summed E-state index contributed by atoms with van der Waals surface area (Å²) < 4.78 is 36.3. The second-order valence-corrected chi connectivity index (χ2v) is 3.56. The second-order valence-electron chi connectivity index (χ2n) is 3.56. The van der Waals surface area contributed by atoms with Crippen molar-refractivity contribution in [3.63, 3.8) is 0 Å². The number of rotatable bonds is 2. The van der Waals surface area contributed by atoms with E-state index in [2.05, 4.69) is 5.32 Å². The molecule has 5 heteroatoms. The van der Waals surface area contributed by atoms with Gasteiger partial charge in [-0.2, -0.15) is 13.2 Å². The molecular formula is C8H15F3N2. The third-order valence-corrected chi connectivity index (χ3v) is 2.36. The average molecular weight is 196 g/mol. The maximum Gasteiger partial charge on any atom is 0.459 e. The number of piperidine rings is 1. The van der Waals surface area contributed by atoms with Gasteiger partial charge in [-0.05, 0) is 38.9 Å². The molecule has 0 aliphatic carbocycles. The number of nitrogens with one attached hydrogen (secondary N) is 1. The predicted octanol–water partition coefficient (Wildman–Crippen LogP) is 1.44. The zero-order chi connectivity index (χ0) is 9.90. The van der Waals surface area contributed by atoms with Gasteiger partial charge in [-0.25, -0.2) is 4.90 Å². The molecule has 0 aromatic heterocycles. The minimum Gasteiger partial charge on any atom is -0.316 e. The molecule has 2 nitrogen and oxygen atoms in total. The molecule has 1 aliphatic rings. The van der Waals surface area contributed by atoms with Gasteiger partial charge in [0.15, 0.2) is 0 Å². The molecule has 0 spiro atoms. The van der Waals surface area contributed by atoms with Crippen molar-refractivity contribution in [2.75, 3.05) is 26.7 Å². The second kappa shape index (κ2) is 4.28. The summed E-state index contributed by atoms with van der Waals surface area (Å²) in [6.07, 6.45) is -2.30. The molecule has 0 aromatic rings. The first kappa shape index (κ1) is 10.8. The van der Waals surface area contributed by atoms with Crippen molar-refractivity contribution in [2.45, 2.75) is 19.1 Å². The highest BCUT2D eigenvalue weighted by molar-refractivity contribution is 4.72. The van der Waals surface area contributed by atoms with Crippen molar-refractivity contribution in [1.82, 2.24) is 10.2 Å². The summed E-state index contributed by atoms with van der Waals surface area (Å²) in [5, 5.41) is 3.10. The van der Waals surface area contributed by atoms with E-state index in [1.54, 1.807) is 0 Å². The summed E-state index contributed by atoms with van der Waals surface area (Å²) in [7, 11) is 1.11. The molecule has 0 bridgehead atoms. The Kier molecular flexibility index (Phi) is 3.55. The Labute approximate surface area is 76.1 Å². The third-order valence-electron chi connectivity index (χ3n) is 2.36. The van der Waals surface area contributed by atoms with Crippen LogP contribution in [0.25, 0.3) is 0 Å². The summed E-state index contributed by atoms with van der Waals surface area (Å²) in [6, 6.07) is 0. The van der Waals surface area contributed by atoms with Gasteiger partial charge in [-0.1, -0.05) is 0 Å². The third kappa shape index (κ3) is 3.52. The zero-order valence-corrected chi connectivity index (χ0v) is 7.69. The van der Waals surface area contributed by atoms with Crippen LogP contribution in [0.15, 0.2) is 0 Å². The molecule has 0 unspecified atom stereocenters. The molecule has 13 heavy (non-hydrogen) atoms. The number of hydrogen-bond acceptors (Lipinski definition) is 2. The molecule has 1 saturated heterocycles. The molecule has 0 radical (unpaired) electrons. The van der Waals surface area contributed by atoms with Crippen LogP contribution in [0.4, 0.5) is 13.2 Å². The van der Waals surface area contributed by atoms with Gasteiger partial charge in [0.25, 0.3) is 0 Å². The zero-order valence-electron chi connectivity index (χ0n) is 7.69. The van der Waals surface area contributed by atoms with E-state index in [0.29, 0.717) is 11.4 Å². The largest absolute Gasteiger partial charge is 0.459 e. The SMILES string of the molecule is CN(C[C@H]1CCCNC1)C(F)(F)F. The molecule has 1 fully saturated rings. The maximum absolute atomic E-state index is 12.1. The van der Waals surface area contributed by atoms with E-state index < -0.39 is 6.30 Å². The van der Waals surface area contributed by atoms with E-state index in [4.69, 9.17) is 0 Å². The number of halogens is 3. The fourth-order valence-electron chi connectivity index (χ4n) is 1.57. The Morgan fingerprint density at radius 1 is 1.46 bits per heavy atom. The van der Waals surface area contributed by atoms with Crippen molar-refractivity contribution >= 4 is 0 Å². The number of hydrogen-bond donors (Lipinski definition) is 1. The Morgan fingerprint density at radius 2 is 2.15 bits per heavy atom. The molecule has 78 valence electrons. The van der Waals surface area contributed by atoms with Crippen LogP contribution in [0.5, 0.6) is 0 Å². The first-order valence-electron chi connectivity index (χ1n) is 4.49. The smallest absolute Gasteiger partial charge is 0.316 e. The van der Waals surface area contributed by atoms with Crippen LogP contribution in [0.1, 0.15) is 12.8 Å². The Bertz CT molecular complexity index is 152. The first-order valence-corrected chi connectivity index (χ1v) is 4.49. The van der Waals surface area contributed by atoms with Gasteiger partial charge in [0, 0.05) is 6.54 Å². The lowest BCUT2D eigenvalue weighted by Crippen LogP contribution is -2.42. The summed E-state index contributed by atoms with van der Waals surface area (Å²) >= 11 is 0. The first-order chi connectivity index (χ1) is 6.00. The van der Waals surface area contributed by atoms with Crippen molar-refractivity contribution in [3.8, 4) is 0 Å². The minimum atomic E-state index is -4.18. The van der Waals surface area contributed by atoms with Gasteiger partial charge in [0.2, 0.25) is 0 Å². The van der Waals surface area contributed by atoms with E-state index in [1.165, 1.54) is 0 Å². The maximum atomic E-state index is 12.1. The highest BCUT2D eigenvalue weighted by atomic mass is 19.4. The van der Waals surface area contributed by atoms with Crippen LogP contribution < -0.4 is 5.32 Å². The Hall–Kier alpha value is -0.290. The number of alkyl halides is 3. The quantitative estimate of drug-likeness (QED) is 0.672. The lowest BCUT2D eigenvalue weighted by Gasteiger charge is -2.28. The van der Waals surface area contributed by atoms with Crippen molar-refractivity contribution in [2.24, 2.45) is 5.92 Å². The molecule has 1 N–H and O–H groups in total. The molecule has 0 amide bonds. The molecule has 0 saturated carbocycles. The van der Waals surface area contributed by atoms with Crippen LogP contribution in [0.2, 0.25) is 0 Å². The lowest BCUT2D eigenvalue weighted by molar-refractivity contribution is -0.239. The molecule has 0 aromatic carbocycles. The highest BCUT2D eigenvalue weighted by Crippen LogP contribution is 2.22. The van der Waals surface area contributed by atoms with E-state index in [0.717, 1.165) is 26.4 Å². The van der Waals surface area contributed by atoms with Crippen LogP contribution in [0, 0.1) is 5.92 Å². The molecule has 1 atom stereocenters. The van der Waals surface area contributed by atoms with Crippen LogP contribution in [-0.2, 0) is 0 Å². The Balaban J connectivity index is 2.30. The average Bonchev–Trinajstić information content (AvgIpc) is 2.04. The summed E-state index contributed by atoms with van der Waals surface area (Å²) in [6.45, 7) is 1.75. The van der Waals surface area contributed by atoms with E-state index >= 15 is 0 Å². The standard InChI is InChI=1S/C8H15F3N2/c1-13(8(9,10)11)6-7-3-2-4-12-5-7/h7,12H,2-6H2,1H3/t7-/m0/s1. The van der Waals surface area contributed by atoms with Gasteiger partial charge in [0.05, 0.1) is 0 Å². The van der Waals surface area contributed by atoms with Crippen molar-refractivity contribution < 1.29 is 13.2 Å². The van der Waals surface area contributed by atoms with Gasteiger partial charge in [-0.3, -0.25) is 0 Å². The van der Waals surface area contributed by atoms with Gasteiger partial charge >= 0.3 is 6.30 Å². The fraction of sp³-hybridized carbons (Fsp3) is 1.00. The number of nitrogens with zero attached hydrogens (tertiary/aromatic N) is 1. The topological polar surface area (TPSA) is 15.3 Å². The van der Waals surface area contributed by atoms with Gasteiger partial charge in [-0.15, -0.1) is 0 Å². The molecule has 1 heterocycles. The van der Waals surface area contributed by atoms with Crippen molar-refractivity contribution in [3.05, 3.63) is 0 Å². The minimum absolute atomic E-state index is 0.108. The Morgan fingerprint density at radius 3 is 2.62 bits per heavy atom. The van der Waals surface area contributed by atoms with Crippen LogP contribution in [-0.4, -0.2) is 37.9 Å². The van der Waals surface area contributed by atoms with Crippen LogP contribution in [0.3, 0.4) is 0 Å². The summed E-state index contributed by atoms with van der Waals surface area (Å²) in [5.74, 6) is 0.139. The van der Waals surface area contributed by atoms with E-state index in [-0.39, 0.29) is 12.5 Å². The highest BCUT2D eigenvalue weighted by Gasteiger charge is 2.35. The fourth-order valence-corrected chi connectivity index (χ4v) is 1.57. The molecular weight excluding hydrogens is 181 g/mol. The van der Waals surface area contributed by atoms with Crippen molar-refractivity contribution in [1.29, 1.82) is 0 Å². The van der Waals surface area contributed by atoms with Gasteiger partial charge < -0.3 is 5.32 Å². The summed E-state index contributed by atoms with van der Waals surface area (Å²) in [5.41, 5.74) is 0. The van der Waals surface area contributed by atoms with E-state index in [1.807, 2.05) is 0 Å². The van der Waals surface area contributed by atoms with Crippen LogP contribution >= 0.6 is 0 Å². The lowest BCUT2D eigenvalue weighted by atomic mass is 9.99. The molecule has 1 aliphatic heterocycles.